The Labute approximate surface area is 99.6 Å². The van der Waals surface area contributed by atoms with Crippen LogP contribution in [0.1, 0.15) is 16.1 Å². The molecule has 1 heterocycles. The van der Waals surface area contributed by atoms with E-state index in [4.69, 9.17) is 5.73 Å². The van der Waals surface area contributed by atoms with Crippen molar-refractivity contribution in [3.8, 4) is 11.1 Å². The second-order valence-electron chi connectivity index (χ2n) is 3.56. The summed E-state index contributed by atoms with van der Waals surface area (Å²) in [5, 5.41) is 0. The number of primary amides is 1. The number of nitrogens with zero attached hydrogens (tertiary/aromatic N) is 1. The molecule has 1 aromatic heterocycles. The minimum absolute atomic E-state index is 0.279. The molecule has 0 aliphatic carbocycles. The summed E-state index contributed by atoms with van der Waals surface area (Å²) >= 11 is 0. The number of benzene rings is 1. The summed E-state index contributed by atoms with van der Waals surface area (Å²) < 4.78 is 0. The SMILES string of the molecule is C=Cc1ccccc1-c1cccnc1C(N)=O. The van der Waals surface area contributed by atoms with E-state index in [9.17, 15) is 4.79 Å². The maximum Gasteiger partial charge on any atom is 0.267 e. The van der Waals surface area contributed by atoms with Gasteiger partial charge in [0, 0.05) is 11.8 Å². The highest BCUT2D eigenvalue weighted by atomic mass is 16.1. The van der Waals surface area contributed by atoms with E-state index in [0.717, 1.165) is 16.7 Å². The van der Waals surface area contributed by atoms with Crippen LogP contribution in [-0.4, -0.2) is 10.9 Å². The molecule has 0 fully saturated rings. The summed E-state index contributed by atoms with van der Waals surface area (Å²) in [4.78, 5) is 15.3. The second kappa shape index (κ2) is 4.61. The zero-order valence-electron chi connectivity index (χ0n) is 9.26. The molecular weight excluding hydrogens is 212 g/mol. The predicted molar refractivity (Wildman–Crippen MR) is 68.3 cm³/mol. The average Bonchev–Trinajstić information content (AvgIpc) is 2.38. The normalized spacial score (nSPS) is 9.88. The van der Waals surface area contributed by atoms with Gasteiger partial charge < -0.3 is 5.73 Å². The van der Waals surface area contributed by atoms with Crippen LogP contribution in [0.3, 0.4) is 0 Å². The fourth-order valence-corrected chi connectivity index (χ4v) is 1.74. The van der Waals surface area contributed by atoms with Gasteiger partial charge in [0.25, 0.3) is 5.91 Å². The summed E-state index contributed by atoms with van der Waals surface area (Å²) in [7, 11) is 0. The number of carbonyl (C=O) groups excluding carboxylic acids is 1. The first-order valence-corrected chi connectivity index (χ1v) is 5.20. The van der Waals surface area contributed by atoms with Crippen LogP contribution in [0.25, 0.3) is 17.2 Å². The highest BCUT2D eigenvalue weighted by Crippen LogP contribution is 2.26. The summed E-state index contributed by atoms with van der Waals surface area (Å²) in [5.74, 6) is -0.528. The van der Waals surface area contributed by atoms with Crippen LogP contribution in [-0.2, 0) is 0 Å². The molecule has 1 amide bonds. The van der Waals surface area contributed by atoms with Crippen LogP contribution in [0.15, 0.2) is 49.2 Å². The lowest BCUT2D eigenvalue weighted by Gasteiger charge is -2.08. The molecule has 0 aliphatic rings. The second-order valence-corrected chi connectivity index (χ2v) is 3.56. The minimum atomic E-state index is -0.528. The number of aromatic nitrogens is 1. The highest BCUT2D eigenvalue weighted by Gasteiger charge is 2.12. The van der Waals surface area contributed by atoms with Gasteiger partial charge in [-0.05, 0) is 17.2 Å². The third kappa shape index (κ3) is 2.08. The molecule has 0 spiro atoms. The van der Waals surface area contributed by atoms with Crippen molar-refractivity contribution in [2.75, 3.05) is 0 Å². The van der Waals surface area contributed by atoms with Crippen molar-refractivity contribution < 1.29 is 4.79 Å². The summed E-state index contributed by atoms with van der Waals surface area (Å²) in [5.41, 5.74) is 8.18. The van der Waals surface area contributed by atoms with Crippen LogP contribution < -0.4 is 5.73 Å². The Morgan fingerprint density at radius 3 is 2.59 bits per heavy atom. The predicted octanol–water partition coefficient (Wildman–Crippen LogP) is 2.49. The van der Waals surface area contributed by atoms with Gasteiger partial charge in [-0.2, -0.15) is 0 Å². The van der Waals surface area contributed by atoms with Gasteiger partial charge in [0.2, 0.25) is 0 Å². The summed E-state index contributed by atoms with van der Waals surface area (Å²) in [6, 6.07) is 11.3. The Morgan fingerprint density at radius 2 is 1.88 bits per heavy atom. The number of hydrogen-bond donors (Lipinski definition) is 1. The van der Waals surface area contributed by atoms with E-state index in [1.165, 1.54) is 0 Å². The third-order valence-corrected chi connectivity index (χ3v) is 2.51. The van der Waals surface area contributed by atoms with Gasteiger partial charge in [-0.25, -0.2) is 0 Å². The van der Waals surface area contributed by atoms with E-state index in [2.05, 4.69) is 11.6 Å². The number of rotatable bonds is 3. The number of amides is 1. The van der Waals surface area contributed by atoms with E-state index in [-0.39, 0.29) is 5.69 Å². The van der Waals surface area contributed by atoms with E-state index in [1.54, 1.807) is 18.3 Å². The van der Waals surface area contributed by atoms with E-state index in [1.807, 2.05) is 30.3 Å². The molecule has 1 aromatic carbocycles. The van der Waals surface area contributed by atoms with Crippen molar-refractivity contribution >= 4 is 12.0 Å². The van der Waals surface area contributed by atoms with E-state index < -0.39 is 5.91 Å². The summed E-state index contributed by atoms with van der Waals surface area (Å²) in [6.45, 7) is 3.76. The molecule has 0 unspecified atom stereocenters. The molecule has 84 valence electrons. The Kier molecular flexibility index (Phi) is 3.01. The largest absolute Gasteiger partial charge is 0.364 e. The topological polar surface area (TPSA) is 56.0 Å². The maximum atomic E-state index is 11.3. The van der Waals surface area contributed by atoms with Gasteiger partial charge in [0.05, 0.1) is 0 Å². The fourth-order valence-electron chi connectivity index (χ4n) is 1.74. The summed E-state index contributed by atoms with van der Waals surface area (Å²) in [6.07, 6.45) is 3.30. The molecule has 2 N–H and O–H groups in total. The molecule has 17 heavy (non-hydrogen) atoms. The van der Waals surface area contributed by atoms with E-state index >= 15 is 0 Å². The molecule has 3 heteroatoms. The van der Waals surface area contributed by atoms with Gasteiger partial charge in [-0.3, -0.25) is 9.78 Å². The van der Waals surface area contributed by atoms with Crippen molar-refractivity contribution in [2.24, 2.45) is 5.73 Å². The standard InChI is InChI=1S/C14H12N2O/c1-2-10-6-3-4-7-11(10)12-8-5-9-16-13(12)14(15)17/h2-9H,1H2,(H2,15,17). The number of pyridine rings is 1. The average molecular weight is 224 g/mol. The van der Waals surface area contributed by atoms with Crippen LogP contribution in [0, 0.1) is 0 Å². The van der Waals surface area contributed by atoms with Crippen LogP contribution in [0.4, 0.5) is 0 Å². The molecular formula is C14H12N2O. The zero-order valence-corrected chi connectivity index (χ0v) is 9.26. The number of carbonyl (C=O) groups is 1. The Morgan fingerprint density at radius 1 is 1.18 bits per heavy atom. The lowest BCUT2D eigenvalue weighted by molar-refractivity contribution is 0.0996. The molecule has 0 aliphatic heterocycles. The van der Waals surface area contributed by atoms with Gasteiger partial charge >= 0.3 is 0 Å². The van der Waals surface area contributed by atoms with Gasteiger partial charge in [-0.1, -0.05) is 43.0 Å². The van der Waals surface area contributed by atoms with Gasteiger partial charge in [0.15, 0.2) is 0 Å². The first-order valence-electron chi connectivity index (χ1n) is 5.20. The first-order chi connectivity index (χ1) is 8.24. The lowest BCUT2D eigenvalue weighted by Crippen LogP contribution is -2.14. The Bertz CT molecular complexity index is 576. The fraction of sp³-hybridized carbons (Fsp3) is 0. The molecule has 2 rings (SSSR count). The molecule has 0 atom stereocenters. The van der Waals surface area contributed by atoms with Crippen LogP contribution in [0.5, 0.6) is 0 Å². The monoisotopic (exact) mass is 224 g/mol. The molecule has 3 nitrogen and oxygen atoms in total. The zero-order chi connectivity index (χ0) is 12.3. The smallest absolute Gasteiger partial charge is 0.267 e. The first kappa shape index (κ1) is 11.1. The van der Waals surface area contributed by atoms with Crippen molar-refractivity contribution in [3.05, 3.63) is 60.4 Å². The highest BCUT2D eigenvalue weighted by molar-refractivity contribution is 5.98. The van der Waals surface area contributed by atoms with Crippen molar-refractivity contribution in [1.29, 1.82) is 0 Å². The van der Waals surface area contributed by atoms with Crippen molar-refractivity contribution in [1.82, 2.24) is 4.98 Å². The minimum Gasteiger partial charge on any atom is -0.364 e. The molecule has 0 saturated carbocycles. The molecule has 0 saturated heterocycles. The Balaban J connectivity index is 2.68. The van der Waals surface area contributed by atoms with Crippen molar-refractivity contribution in [2.45, 2.75) is 0 Å². The number of nitrogens with two attached hydrogens (primary N) is 1. The van der Waals surface area contributed by atoms with Crippen LogP contribution >= 0.6 is 0 Å². The lowest BCUT2D eigenvalue weighted by atomic mass is 9.98. The quantitative estimate of drug-likeness (QED) is 0.870. The molecule has 0 bridgehead atoms. The molecule has 0 radical (unpaired) electrons. The maximum absolute atomic E-state index is 11.3. The molecule has 2 aromatic rings. The van der Waals surface area contributed by atoms with Crippen LogP contribution in [0.2, 0.25) is 0 Å². The number of hydrogen-bond acceptors (Lipinski definition) is 2. The Hall–Kier alpha value is -2.42. The van der Waals surface area contributed by atoms with Gasteiger partial charge in [0.1, 0.15) is 5.69 Å². The van der Waals surface area contributed by atoms with E-state index in [0.29, 0.717) is 0 Å². The van der Waals surface area contributed by atoms with Gasteiger partial charge in [-0.15, -0.1) is 0 Å². The third-order valence-electron chi connectivity index (χ3n) is 2.51. The van der Waals surface area contributed by atoms with Crippen molar-refractivity contribution in [3.63, 3.8) is 0 Å².